The molecule has 2 aliphatic rings. The van der Waals surface area contributed by atoms with Gasteiger partial charge in [0.25, 0.3) is 0 Å². The first-order valence-corrected chi connectivity index (χ1v) is 6.65. The molecular formula is C12H22N4O2. The SMILES string of the molecule is CN1CCCCC1CNC(=O)C1CNC(=O)CN1. The number of amides is 2. The first kappa shape index (κ1) is 13.3. The van der Waals surface area contributed by atoms with Crippen LogP contribution in [0.4, 0.5) is 0 Å². The van der Waals surface area contributed by atoms with Crippen LogP contribution in [0.25, 0.3) is 0 Å². The molecule has 3 N–H and O–H groups in total. The topological polar surface area (TPSA) is 73.5 Å². The van der Waals surface area contributed by atoms with Gasteiger partial charge in [-0.3, -0.25) is 14.9 Å². The average molecular weight is 254 g/mol. The minimum absolute atomic E-state index is 0.0195. The summed E-state index contributed by atoms with van der Waals surface area (Å²) in [6.45, 7) is 2.41. The average Bonchev–Trinajstić information content (AvgIpc) is 2.38. The van der Waals surface area contributed by atoms with Crippen molar-refractivity contribution in [3.05, 3.63) is 0 Å². The summed E-state index contributed by atoms with van der Waals surface area (Å²) in [5, 5.41) is 8.59. The van der Waals surface area contributed by atoms with Gasteiger partial charge < -0.3 is 15.5 Å². The van der Waals surface area contributed by atoms with E-state index in [1.54, 1.807) is 0 Å². The number of nitrogens with zero attached hydrogens (tertiary/aromatic N) is 1. The van der Waals surface area contributed by atoms with Gasteiger partial charge in [0.05, 0.1) is 6.54 Å². The number of carbonyl (C=O) groups excluding carboxylic acids is 2. The fourth-order valence-electron chi connectivity index (χ4n) is 2.50. The molecule has 102 valence electrons. The predicted octanol–water partition coefficient (Wildman–Crippen LogP) is -1.33. The highest BCUT2D eigenvalue weighted by Gasteiger charge is 2.25. The number of hydrogen-bond donors (Lipinski definition) is 3. The quantitative estimate of drug-likeness (QED) is 0.584. The van der Waals surface area contributed by atoms with Crippen LogP contribution >= 0.6 is 0 Å². The second-order valence-electron chi connectivity index (χ2n) is 5.11. The van der Waals surface area contributed by atoms with Crippen LogP contribution in [0, 0.1) is 0 Å². The summed E-state index contributed by atoms with van der Waals surface area (Å²) in [6.07, 6.45) is 3.63. The Labute approximate surface area is 107 Å². The van der Waals surface area contributed by atoms with Crippen LogP contribution in [-0.2, 0) is 9.59 Å². The molecule has 0 bridgehead atoms. The third kappa shape index (κ3) is 3.43. The Balaban J connectivity index is 1.72. The fraction of sp³-hybridized carbons (Fsp3) is 0.833. The van der Waals surface area contributed by atoms with E-state index in [0.29, 0.717) is 19.1 Å². The Morgan fingerprint density at radius 2 is 2.33 bits per heavy atom. The maximum Gasteiger partial charge on any atom is 0.239 e. The van der Waals surface area contributed by atoms with E-state index in [2.05, 4.69) is 27.9 Å². The molecule has 0 saturated carbocycles. The molecule has 2 rings (SSSR count). The highest BCUT2D eigenvalue weighted by Crippen LogP contribution is 2.13. The molecule has 0 aromatic carbocycles. The van der Waals surface area contributed by atoms with E-state index in [9.17, 15) is 9.59 Å². The minimum atomic E-state index is -0.295. The Morgan fingerprint density at radius 1 is 1.50 bits per heavy atom. The van der Waals surface area contributed by atoms with Crippen LogP contribution in [0.2, 0.25) is 0 Å². The van der Waals surface area contributed by atoms with Crippen LogP contribution < -0.4 is 16.0 Å². The summed E-state index contributed by atoms with van der Waals surface area (Å²) in [5.74, 6) is -0.0694. The summed E-state index contributed by atoms with van der Waals surface area (Å²) >= 11 is 0. The molecule has 18 heavy (non-hydrogen) atoms. The highest BCUT2D eigenvalue weighted by atomic mass is 16.2. The van der Waals surface area contributed by atoms with Crippen LogP contribution in [0.15, 0.2) is 0 Å². The summed E-state index contributed by atoms with van der Waals surface area (Å²) in [5.41, 5.74) is 0. The number of likely N-dealkylation sites (tertiary alicyclic amines) is 1. The van der Waals surface area contributed by atoms with Crippen molar-refractivity contribution in [2.45, 2.75) is 31.3 Å². The Kier molecular flexibility index (Phi) is 4.54. The maximum absolute atomic E-state index is 11.9. The van der Waals surface area contributed by atoms with Gasteiger partial charge in [0.1, 0.15) is 6.04 Å². The fourth-order valence-corrected chi connectivity index (χ4v) is 2.50. The van der Waals surface area contributed by atoms with Crippen molar-refractivity contribution in [2.75, 3.05) is 33.2 Å². The van der Waals surface area contributed by atoms with Crippen molar-refractivity contribution in [2.24, 2.45) is 0 Å². The Hall–Kier alpha value is -1.14. The normalized spacial score (nSPS) is 29.7. The number of likely N-dealkylation sites (N-methyl/N-ethyl adjacent to an activating group) is 1. The van der Waals surface area contributed by atoms with Crippen molar-refractivity contribution < 1.29 is 9.59 Å². The van der Waals surface area contributed by atoms with Crippen molar-refractivity contribution in [1.82, 2.24) is 20.9 Å². The largest absolute Gasteiger partial charge is 0.353 e. The summed E-state index contributed by atoms with van der Waals surface area (Å²) < 4.78 is 0. The van der Waals surface area contributed by atoms with E-state index < -0.39 is 0 Å². The van der Waals surface area contributed by atoms with E-state index in [4.69, 9.17) is 0 Å². The van der Waals surface area contributed by atoms with Gasteiger partial charge in [0.15, 0.2) is 0 Å². The van der Waals surface area contributed by atoms with Crippen molar-refractivity contribution in [3.8, 4) is 0 Å². The lowest BCUT2D eigenvalue weighted by Gasteiger charge is -2.33. The van der Waals surface area contributed by atoms with E-state index >= 15 is 0 Å². The Morgan fingerprint density at radius 3 is 3.00 bits per heavy atom. The maximum atomic E-state index is 11.9. The number of rotatable bonds is 3. The second-order valence-corrected chi connectivity index (χ2v) is 5.11. The van der Waals surface area contributed by atoms with Gasteiger partial charge in [-0.05, 0) is 26.4 Å². The lowest BCUT2D eigenvalue weighted by molar-refractivity contribution is -0.126. The molecule has 0 spiro atoms. The molecular weight excluding hydrogens is 232 g/mol. The molecule has 2 amide bonds. The molecule has 0 aromatic rings. The number of nitrogens with one attached hydrogen (secondary N) is 3. The van der Waals surface area contributed by atoms with E-state index in [1.807, 2.05) is 0 Å². The molecule has 2 unspecified atom stereocenters. The van der Waals surface area contributed by atoms with Gasteiger partial charge in [-0.15, -0.1) is 0 Å². The van der Waals surface area contributed by atoms with Crippen LogP contribution in [0.3, 0.4) is 0 Å². The molecule has 2 atom stereocenters. The van der Waals surface area contributed by atoms with Gasteiger partial charge in [-0.2, -0.15) is 0 Å². The lowest BCUT2D eigenvalue weighted by Crippen LogP contribution is -2.59. The second kappa shape index (κ2) is 6.15. The third-order valence-corrected chi connectivity index (χ3v) is 3.76. The zero-order valence-electron chi connectivity index (χ0n) is 10.9. The first-order chi connectivity index (χ1) is 8.66. The molecule has 0 radical (unpaired) electrons. The monoisotopic (exact) mass is 254 g/mol. The highest BCUT2D eigenvalue weighted by molar-refractivity contribution is 5.86. The van der Waals surface area contributed by atoms with Gasteiger partial charge in [0.2, 0.25) is 11.8 Å². The molecule has 0 aromatic heterocycles. The minimum Gasteiger partial charge on any atom is -0.353 e. The van der Waals surface area contributed by atoms with Crippen LogP contribution in [0.5, 0.6) is 0 Å². The van der Waals surface area contributed by atoms with Gasteiger partial charge in [0, 0.05) is 19.1 Å². The zero-order chi connectivity index (χ0) is 13.0. The molecule has 2 fully saturated rings. The van der Waals surface area contributed by atoms with Gasteiger partial charge in [-0.25, -0.2) is 0 Å². The first-order valence-electron chi connectivity index (χ1n) is 6.65. The van der Waals surface area contributed by atoms with E-state index in [0.717, 1.165) is 13.0 Å². The molecule has 6 nitrogen and oxygen atoms in total. The smallest absolute Gasteiger partial charge is 0.239 e. The van der Waals surface area contributed by atoms with Gasteiger partial charge in [-0.1, -0.05) is 6.42 Å². The number of piperazine rings is 1. The van der Waals surface area contributed by atoms with Crippen LogP contribution in [-0.4, -0.2) is 62.0 Å². The molecule has 2 aliphatic heterocycles. The number of hydrogen-bond acceptors (Lipinski definition) is 4. The lowest BCUT2D eigenvalue weighted by atomic mass is 10.0. The van der Waals surface area contributed by atoms with Gasteiger partial charge >= 0.3 is 0 Å². The van der Waals surface area contributed by atoms with E-state index in [1.165, 1.54) is 12.8 Å². The molecule has 6 heteroatoms. The molecule has 2 saturated heterocycles. The standard InChI is InChI=1S/C12H22N4O2/c1-16-5-3-2-4-9(16)6-15-12(18)10-7-14-11(17)8-13-10/h9-10,13H,2-8H2,1H3,(H,14,17)(H,15,18). The van der Waals surface area contributed by atoms with Crippen LogP contribution in [0.1, 0.15) is 19.3 Å². The molecule has 2 heterocycles. The zero-order valence-corrected chi connectivity index (χ0v) is 10.9. The summed E-state index contributed by atoms with van der Waals surface area (Å²) in [6, 6.07) is 0.150. The Bertz CT molecular complexity index is 311. The summed E-state index contributed by atoms with van der Waals surface area (Å²) in [7, 11) is 2.11. The predicted molar refractivity (Wildman–Crippen MR) is 68.1 cm³/mol. The number of carbonyl (C=O) groups is 2. The summed E-state index contributed by atoms with van der Waals surface area (Å²) in [4.78, 5) is 25.2. The van der Waals surface area contributed by atoms with Crippen molar-refractivity contribution >= 4 is 11.8 Å². The van der Waals surface area contributed by atoms with Crippen molar-refractivity contribution in [3.63, 3.8) is 0 Å². The van der Waals surface area contributed by atoms with Crippen molar-refractivity contribution in [1.29, 1.82) is 0 Å². The third-order valence-electron chi connectivity index (χ3n) is 3.76. The molecule has 0 aliphatic carbocycles. The van der Waals surface area contributed by atoms with E-state index in [-0.39, 0.29) is 24.4 Å². The number of piperidine rings is 1.